The van der Waals surface area contributed by atoms with E-state index in [0.717, 1.165) is 17.9 Å². The Balaban J connectivity index is 2.29. The molecular formula is C11H12FN3. The molecule has 15 heavy (non-hydrogen) atoms. The van der Waals surface area contributed by atoms with Gasteiger partial charge in [0.05, 0.1) is 23.8 Å². The van der Waals surface area contributed by atoms with Crippen LogP contribution in [0.1, 0.15) is 6.92 Å². The Morgan fingerprint density at radius 3 is 3.07 bits per heavy atom. The molecule has 1 aromatic heterocycles. The van der Waals surface area contributed by atoms with Gasteiger partial charge in [-0.2, -0.15) is 5.10 Å². The third-order valence-electron chi connectivity index (χ3n) is 2.04. The quantitative estimate of drug-likeness (QED) is 0.834. The third-order valence-corrected chi connectivity index (χ3v) is 2.04. The van der Waals surface area contributed by atoms with E-state index in [4.69, 9.17) is 0 Å². The normalized spacial score (nSPS) is 10.3. The maximum atomic E-state index is 13.0. The maximum Gasteiger partial charge on any atom is 0.125 e. The topological polar surface area (TPSA) is 29.9 Å². The standard InChI is InChI=1S/C11H12FN3/c1-2-13-10-7-14-15(8-10)11-5-3-4-9(12)6-11/h3-8,13H,2H2,1H3. The van der Waals surface area contributed by atoms with Crippen LogP contribution in [0.5, 0.6) is 0 Å². The first-order chi connectivity index (χ1) is 7.29. The molecule has 0 spiro atoms. The second kappa shape index (κ2) is 4.13. The van der Waals surface area contributed by atoms with Gasteiger partial charge in [0.1, 0.15) is 5.82 Å². The zero-order valence-corrected chi connectivity index (χ0v) is 8.44. The molecule has 1 heterocycles. The van der Waals surface area contributed by atoms with E-state index < -0.39 is 0 Å². The predicted molar refractivity (Wildman–Crippen MR) is 57.7 cm³/mol. The maximum absolute atomic E-state index is 13.0. The summed E-state index contributed by atoms with van der Waals surface area (Å²) in [5.41, 5.74) is 1.65. The Kier molecular flexibility index (Phi) is 2.67. The van der Waals surface area contributed by atoms with Crippen molar-refractivity contribution >= 4 is 5.69 Å². The van der Waals surface area contributed by atoms with Crippen LogP contribution in [-0.2, 0) is 0 Å². The van der Waals surface area contributed by atoms with E-state index in [1.807, 2.05) is 19.2 Å². The number of hydrogen-bond donors (Lipinski definition) is 1. The average Bonchev–Trinajstić information content (AvgIpc) is 2.67. The van der Waals surface area contributed by atoms with E-state index in [2.05, 4.69) is 10.4 Å². The van der Waals surface area contributed by atoms with Gasteiger partial charge in [0.25, 0.3) is 0 Å². The number of benzene rings is 1. The van der Waals surface area contributed by atoms with Crippen molar-refractivity contribution in [2.24, 2.45) is 0 Å². The first kappa shape index (κ1) is 9.71. The molecule has 4 heteroatoms. The summed E-state index contributed by atoms with van der Waals surface area (Å²) in [5, 5.41) is 7.27. The molecule has 78 valence electrons. The second-order valence-electron chi connectivity index (χ2n) is 3.18. The van der Waals surface area contributed by atoms with Crippen molar-refractivity contribution in [2.75, 3.05) is 11.9 Å². The monoisotopic (exact) mass is 205 g/mol. The summed E-state index contributed by atoms with van der Waals surface area (Å²) in [7, 11) is 0. The fourth-order valence-corrected chi connectivity index (χ4v) is 1.38. The molecule has 2 aromatic rings. The van der Waals surface area contributed by atoms with Crippen molar-refractivity contribution in [3.63, 3.8) is 0 Å². The molecule has 0 unspecified atom stereocenters. The third kappa shape index (κ3) is 2.15. The molecule has 1 N–H and O–H groups in total. The van der Waals surface area contributed by atoms with Gasteiger partial charge >= 0.3 is 0 Å². The van der Waals surface area contributed by atoms with Gasteiger partial charge in [-0.25, -0.2) is 9.07 Å². The van der Waals surface area contributed by atoms with Crippen molar-refractivity contribution in [1.82, 2.24) is 9.78 Å². The van der Waals surface area contributed by atoms with Crippen LogP contribution in [0, 0.1) is 5.82 Å². The van der Waals surface area contributed by atoms with Gasteiger partial charge in [0.15, 0.2) is 0 Å². The van der Waals surface area contributed by atoms with Gasteiger partial charge in [-0.05, 0) is 25.1 Å². The first-order valence-corrected chi connectivity index (χ1v) is 4.84. The van der Waals surface area contributed by atoms with E-state index >= 15 is 0 Å². The minimum absolute atomic E-state index is 0.256. The lowest BCUT2D eigenvalue weighted by Gasteiger charge is -2.00. The molecule has 3 nitrogen and oxygen atoms in total. The fourth-order valence-electron chi connectivity index (χ4n) is 1.38. The predicted octanol–water partition coefficient (Wildman–Crippen LogP) is 2.44. The van der Waals surface area contributed by atoms with E-state index in [-0.39, 0.29) is 5.82 Å². The van der Waals surface area contributed by atoms with Gasteiger partial charge in [-0.15, -0.1) is 0 Å². The fraction of sp³-hybridized carbons (Fsp3) is 0.182. The highest BCUT2D eigenvalue weighted by molar-refractivity contribution is 5.42. The Hall–Kier alpha value is -1.84. The molecule has 0 atom stereocenters. The molecule has 0 fully saturated rings. The van der Waals surface area contributed by atoms with Crippen LogP contribution in [0.3, 0.4) is 0 Å². The van der Waals surface area contributed by atoms with Crippen molar-refractivity contribution in [3.8, 4) is 5.69 Å². The molecule has 0 bridgehead atoms. The number of anilines is 1. The zero-order valence-electron chi connectivity index (χ0n) is 8.44. The van der Waals surface area contributed by atoms with Crippen LogP contribution < -0.4 is 5.32 Å². The van der Waals surface area contributed by atoms with Crippen LogP contribution in [0.15, 0.2) is 36.7 Å². The van der Waals surface area contributed by atoms with E-state index in [1.54, 1.807) is 16.9 Å². The van der Waals surface area contributed by atoms with Crippen LogP contribution in [0.4, 0.5) is 10.1 Å². The van der Waals surface area contributed by atoms with Crippen LogP contribution in [-0.4, -0.2) is 16.3 Å². The highest BCUT2D eigenvalue weighted by Gasteiger charge is 2.00. The molecule has 0 saturated carbocycles. The zero-order chi connectivity index (χ0) is 10.7. The molecular weight excluding hydrogens is 193 g/mol. The van der Waals surface area contributed by atoms with E-state index in [1.165, 1.54) is 12.1 Å². The van der Waals surface area contributed by atoms with Gasteiger partial charge in [0.2, 0.25) is 0 Å². The number of rotatable bonds is 3. The van der Waals surface area contributed by atoms with E-state index in [9.17, 15) is 4.39 Å². The molecule has 0 aliphatic carbocycles. The lowest BCUT2D eigenvalue weighted by molar-refractivity contribution is 0.625. The molecule has 2 rings (SSSR count). The molecule has 0 amide bonds. The summed E-state index contributed by atoms with van der Waals surface area (Å²) in [5.74, 6) is -0.256. The van der Waals surface area contributed by atoms with E-state index in [0.29, 0.717) is 0 Å². The number of halogens is 1. The van der Waals surface area contributed by atoms with Crippen LogP contribution in [0.2, 0.25) is 0 Å². The SMILES string of the molecule is CCNc1cnn(-c2cccc(F)c2)c1. The van der Waals surface area contributed by atoms with Gasteiger partial charge in [-0.3, -0.25) is 0 Å². The van der Waals surface area contributed by atoms with Crippen molar-refractivity contribution in [2.45, 2.75) is 6.92 Å². The Morgan fingerprint density at radius 2 is 2.33 bits per heavy atom. The number of hydrogen-bond acceptors (Lipinski definition) is 2. The van der Waals surface area contributed by atoms with Crippen LogP contribution >= 0.6 is 0 Å². The van der Waals surface area contributed by atoms with Crippen LogP contribution in [0.25, 0.3) is 5.69 Å². The number of aromatic nitrogens is 2. The minimum Gasteiger partial charge on any atom is -0.383 e. The summed E-state index contributed by atoms with van der Waals surface area (Å²) in [6.45, 7) is 2.86. The summed E-state index contributed by atoms with van der Waals surface area (Å²) >= 11 is 0. The summed E-state index contributed by atoms with van der Waals surface area (Å²) in [4.78, 5) is 0. The summed E-state index contributed by atoms with van der Waals surface area (Å²) in [6, 6.07) is 6.34. The summed E-state index contributed by atoms with van der Waals surface area (Å²) in [6.07, 6.45) is 3.55. The molecule has 1 aromatic carbocycles. The van der Waals surface area contributed by atoms with Gasteiger partial charge < -0.3 is 5.32 Å². The molecule has 0 aliphatic heterocycles. The number of nitrogens with one attached hydrogen (secondary N) is 1. The number of nitrogens with zero attached hydrogens (tertiary/aromatic N) is 2. The van der Waals surface area contributed by atoms with Crippen molar-refractivity contribution < 1.29 is 4.39 Å². The molecule has 0 saturated heterocycles. The lowest BCUT2D eigenvalue weighted by Crippen LogP contribution is -1.96. The Morgan fingerprint density at radius 1 is 1.47 bits per heavy atom. The summed E-state index contributed by atoms with van der Waals surface area (Å²) < 4.78 is 14.6. The second-order valence-corrected chi connectivity index (χ2v) is 3.18. The minimum atomic E-state index is -0.256. The van der Waals surface area contributed by atoms with Crippen molar-refractivity contribution in [1.29, 1.82) is 0 Å². The molecule has 0 radical (unpaired) electrons. The van der Waals surface area contributed by atoms with Crippen molar-refractivity contribution in [3.05, 3.63) is 42.5 Å². The Labute approximate surface area is 87.5 Å². The smallest absolute Gasteiger partial charge is 0.125 e. The van der Waals surface area contributed by atoms with Gasteiger partial charge in [0, 0.05) is 6.54 Å². The first-order valence-electron chi connectivity index (χ1n) is 4.84. The largest absolute Gasteiger partial charge is 0.383 e. The Bertz CT molecular complexity index is 451. The van der Waals surface area contributed by atoms with Gasteiger partial charge in [-0.1, -0.05) is 6.07 Å². The highest BCUT2D eigenvalue weighted by atomic mass is 19.1. The average molecular weight is 205 g/mol. The lowest BCUT2D eigenvalue weighted by atomic mass is 10.3. The molecule has 0 aliphatic rings. The highest BCUT2D eigenvalue weighted by Crippen LogP contribution is 2.12.